The smallest absolute Gasteiger partial charge is 0.267 e. The fraction of sp³-hybridized carbons (Fsp3) is 0.300. The van der Waals surface area contributed by atoms with Crippen molar-refractivity contribution in [3.05, 3.63) is 25.9 Å². The maximum Gasteiger partial charge on any atom is 0.267 e. The molecule has 1 N–H and O–H groups in total. The first kappa shape index (κ1) is 12.7. The predicted octanol–water partition coefficient (Wildman–Crippen LogP) is -0.0943. The molecule has 0 aliphatic carbocycles. The van der Waals surface area contributed by atoms with E-state index in [-0.39, 0.29) is 24.6 Å². The van der Waals surface area contributed by atoms with E-state index in [1.54, 1.807) is 6.92 Å². The number of rotatable bonds is 3. The minimum atomic E-state index is -0.304. The van der Waals surface area contributed by atoms with Crippen LogP contribution < -0.4 is 10.9 Å². The molecule has 0 aliphatic rings. The molecular formula is C10H10IN3O2. The lowest BCUT2D eigenvalue weighted by molar-refractivity contribution is -0.121. The Morgan fingerprint density at radius 2 is 2.44 bits per heavy atom. The first-order chi connectivity index (χ1) is 7.56. The van der Waals surface area contributed by atoms with Crippen molar-refractivity contribution in [3.63, 3.8) is 0 Å². The van der Waals surface area contributed by atoms with Gasteiger partial charge in [0.1, 0.15) is 6.54 Å². The summed E-state index contributed by atoms with van der Waals surface area (Å²) in [5.74, 6) is 1.98. The Bertz CT molecular complexity index is 502. The molecule has 0 atom stereocenters. The Morgan fingerprint density at radius 1 is 1.75 bits per heavy atom. The molecule has 0 unspecified atom stereocenters. The maximum atomic E-state index is 11.7. The SMILES string of the molecule is C#CCNC(=O)Cn1cnc(C)c(I)c1=O. The van der Waals surface area contributed by atoms with Crippen molar-refractivity contribution in [2.45, 2.75) is 13.5 Å². The number of carbonyl (C=O) groups excluding carboxylic acids is 1. The van der Waals surface area contributed by atoms with Gasteiger partial charge in [-0.1, -0.05) is 5.92 Å². The number of carbonyl (C=O) groups is 1. The van der Waals surface area contributed by atoms with E-state index in [0.29, 0.717) is 9.26 Å². The van der Waals surface area contributed by atoms with Crippen molar-refractivity contribution >= 4 is 28.5 Å². The Labute approximate surface area is 106 Å². The van der Waals surface area contributed by atoms with E-state index in [4.69, 9.17) is 6.42 Å². The van der Waals surface area contributed by atoms with Crippen LogP contribution in [0.2, 0.25) is 0 Å². The van der Waals surface area contributed by atoms with E-state index < -0.39 is 0 Å². The Balaban J connectivity index is 2.84. The standard InChI is InChI=1S/C10H10IN3O2/c1-3-4-12-8(15)5-14-6-13-7(2)9(11)10(14)16/h1,6H,4-5H2,2H3,(H,12,15). The number of terminal acetylenes is 1. The molecule has 1 aromatic heterocycles. The topological polar surface area (TPSA) is 64.0 Å². The van der Waals surface area contributed by atoms with Gasteiger partial charge in [0, 0.05) is 0 Å². The molecule has 0 fully saturated rings. The predicted molar refractivity (Wildman–Crippen MR) is 67.8 cm³/mol. The van der Waals surface area contributed by atoms with Crippen molar-refractivity contribution in [1.82, 2.24) is 14.9 Å². The van der Waals surface area contributed by atoms with Gasteiger partial charge < -0.3 is 5.32 Å². The van der Waals surface area contributed by atoms with Gasteiger partial charge in [-0.15, -0.1) is 6.42 Å². The molecule has 84 valence electrons. The van der Waals surface area contributed by atoms with Gasteiger partial charge in [-0.2, -0.15) is 0 Å². The van der Waals surface area contributed by atoms with Gasteiger partial charge in [-0.3, -0.25) is 14.2 Å². The number of hydrogen-bond acceptors (Lipinski definition) is 3. The third-order valence-corrected chi connectivity index (χ3v) is 3.10. The molecule has 6 heteroatoms. The van der Waals surface area contributed by atoms with Gasteiger partial charge in [0.15, 0.2) is 0 Å². The summed E-state index contributed by atoms with van der Waals surface area (Å²) in [6, 6.07) is 0. The molecule has 16 heavy (non-hydrogen) atoms. The van der Waals surface area contributed by atoms with Crippen LogP contribution in [0.3, 0.4) is 0 Å². The first-order valence-corrected chi connectivity index (χ1v) is 5.56. The largest absolute Gasteiger partial charge is 0.344 e. The second kappa shape index (κ2) is 5.65. The number of aryl methyl sites for hydroxylation is 1. The average molecular weight is 331 g/mol. The van der Waals surface area contributed by atoms with Gasteiger partial charge in [0.05, 0.1) is 22.1 Å². The number of nitrogens with one attached hydrogen (secondary N) is 1. The van der Waals surface area contributed by atoms with Crippen molar-refractivity contribution in [2.24, 2.45) is 0 Å². The van der Waals surface area contributed by atoms with Crippen LogP contribution >= 0.6 is 22.6 Å². The number of nitrogens with zero attached hydrogens (tertiary/aromatic N) is 2. The van der Waals surface area contributed by atoms with Gasteiger partial charge in [0.25, 0.3) is 5.56 Å². The normalized spacial score (nSPS) is 9.56. The molecule has 1 amide bonds. The van der Waals surface area contributed by atoms with Crippen molar-refractivity contribution in [3.8, 4) is 12.3 Å². The lowest BCUT2D eigenvalue weighted by Gasteiger charge is -2.06. The van der Waals surface area contributed by atoms with Crippen molar-refractivity contribution < 1.29 is 4.79 Å². The molecule has 0 spiro atoms. The van der Waals surface area contributed by atoms with Gasteiger partial charge in [-0.25, -0.2) is 4.98 Å². The van der Waals surface area contributed by atoms with Crippen LogP contribution in [0.1, 0.15) is 5.69 Å². The van der Waals surface area contributed by atoms with Gasteiger partial charge >= 0.3 is 0 Å². The van der Waals surface area contributed by atoms with E-state index >= 15 is 0 Å². The fourth-order valence-electron chi connectivity index (χ4n) is 1.02. The highest BCUT2D eigenvalue weighted by Crippen LogP contribution is 2.00. The van der Waals surface area contributed by atoms with Gasteiger partial charge in [-0.05, 0) is 29.5 Å². The summed E-state index contributed by atoms with van der Waals surface area (Å²) >= 11 is 1.91. The molecule has 0 aromatic carbocycles. The molecule has 0 aliphatic heterocycles. The van der Waals surface area contributed by atoms with E-state index in [1.807, 2.05) is 22.6 Å². The lowest BCUT2D eigenvalue weighted by atomic mass is 10.4. The highest BCUT2D eigenvalue weighted by atomic mass is 127. The Kier molecular flexibility index (Phi) is 4.49. The van der Waals surface area contributed by atoms with Gasteiger partial charge in [0.2, 0.25) is 5.91 Å². The van der Waals surface area contributed by atoms with Crippen LogP contribution in [0, 0.1) is 22.8 Å². The molecular weight excluding hydrogens is 321 g/mol. The summed E-state index contributed by atoms with van der Waals surface area (Å²) in [5.41, 5.74) is 0.440. The Hall–Kier alpha value is -1.36. The minimum absolute atomic E-state index is 0.0657. The summed E-state index contributed by atoms with van der Waals surface area (Å²) < 4.78 is 1.77. The summed E-state index contributed by atoms with van der Waals surface area (Å²) in [6.07, 6.45) is 6.35. The summed E-state index contributed by atoms with van der Waals surface area (Å²) in [6.45, 7) is 1.83. The van der Waals surface area contributed by atoms with E-state index in [1.165, 1.54) is 10.9 Å². The van der Waals surface area contributed by atoms with Crippen LogP contribution in [0.25, 0.3) is 0 Å². The number of hydrogen-bond donors (Lipinski definition) is 1. The maximum absolute atomic E-state index is 11.7. The Morgan fingerprint density at radius 3 is 3.06 bits per heavy atom. The molecule has 0 radical (unpaired) electrons. The molecule has 1 rings (SSSR count). The molecule has 1 heterocycles. The van der Waals surface area contributed by atoms with Crippen LogP contribution in [-0.2, 0) is 11.3 Å². The minimum Gasteiger partial charge on any atom is -0.344 e. The summed E-state index contributed by atoms with van der Waals surface area (Å²) in [5, 5.41) is 2.48. The fourth-order valence-corrected chi connectivity index (χ4v) is 1.47. The van der Waals surface area contributed by atoms with Crippen LogP contribution in [-0.4, -0.2) is 22.0 Å². The first-order valence-electron chi connectivity index (χ1n) is 4.48. The van der Waals surface area contributed by atoms with E-state index in [2.05, 4.69) is 16.2 Å². The van der Waals surface area contributed by atoms with E-state index in [0.717, 1.165) is 0 Å². The lowest BCUT2D eigenvalue weighted by Crippen LogP contribution is -2.33. The average Bonchev–Trinajstić information content (AvgIpc) is 2.27. The molecule has 5 nitrogen and oxygen atoms in total. The highest BCUT2D eigenvalue weighted by molar-refractivity contribution is 14.1. The summed E-state index contributed by atoms with van der Waals surface area (Å²) in [4.78, 5) is 27.0. The van der Waals surface area contributed by atoms with Crippen LogP contribution in [0.5, 0.6) is 0 Å². The third-order valence-electron chi connectivity index (χ3n) is 1.86. The second-order valence-corrected chi connectivity index (χ2v) is 4.14. The number of aromatic nitrogens is 2. The zero-order valence-electron chi connectivity index (χ0n) is 8.66. The monoisotopic (exact) mass is 331 g/mol. The van der Waals surface area contributed by atoms with E-state index in [9.17, 15) is 9.59 Å². The van der Waals surface area contributed by atoms with Crippen LogP contribution in [0.15, 0.2) is 11.1 Å². The van der Waals surface area contributed by atoms with Crippen LogP contribution in [0.4, 0.5) is 0 Å². The molecule has 0 saturated heterocycles. The molecule has 1 aromatic rings. The number of halogens is 1. The quantitative estimate of drug-likeness (QED) is 0.622. The third kappa shape index (κ3) is 3.06. The highest BCUT2D eigenvalue weighted by Gasteiger charge is 2.08. The molecule has 0 bridgehead atoms. The van der Waals surface area contributed by atoms with Crippen molar-refractivity contribution in [2.75, 3.05) is 6.54 Å². The second-order valence-electron chi connectivity index (χ2n) is 3.06. The number of amides is 1. The zero-order chi connectivity index (χ0) is 12.1. The zero-order valence-corrected chi connectivity index (χ0v) is 10.8. The van der Waals surface area contributed by atoms with Crippen molar-refractivity contribution in [1.29, 1.82) is 0 Å². The molecule has 0 saturated carbocycles. The summed E-state index contributed by atoms with van der Waals surface area (Å²) in [7, 11) is 0.